The molecule has 5 N–H and O–H groups in total. The van der Waals surface area contributed by atoms with E-state index in [-0.39, 0.29) is 43.5 Å². The van der Waals surface area contributed by atoms with Crippen LogP contribution in [0.3, 0.4) is 0 Å². The molecule has 3 rings (SSSR count). The molecule has 0 saturated heterocycles. The Bertz CT molecular complexity index is 1190. The molecular weight excluding hydrogens is 492 g/mol. The fourth-order valence-corrected chi connectivity index (χ4v) is 4.84. The standard InChI is InChI=1S/C24H31ClN4O5S/c1-27-24(32)23(28-18-7-5-17(25)6-8-18)20-11-19(16-3-4-16)22(12-21(20)26)29(35(2,33)34)10-9-15(13-30)14-31/h5-8,11-12,15-16,30-31H,3-4,9-10,13-14,26H2,1-2H3,(H,27,32). The first-order valence-corrected chi connectivity index (χ1v) is 13.5. The van der Waals surface area contributed by atoms with Crippen molar-refractivity contribution >= 4 is 50.3 Å². The van der Waals surface area contributed by atoms with Crippen molar-refractivity contribution in [2.24, 2.45) is 10.9 Å². The minimum atomic E-state index is -3.69. The zero-order valence-corrected chi connectivity index (χ0v) is 21.3. The summed E-state index contributed by atoms with van der Waals surface area (Å²) >= 11 is 5.96. The van der Waals surface area contributed by atoms with Gasteiger partial charge in [-0.15, -0.1) is 0 Å². The van der Waals surface area contributed by atoms with Crippen LogP contribution < -0.4 is 15.4 Å². The van der Waals surface area contributed by atoms with E-state index >= 15 is 0 Å². The molecule has 0 aromatic heterocycles. The van der Waals surface area contributed by atoms with Crippen molar-refractivity contribution in [3.05, 3.63) is 52.5 Å². The molecule has 1 aliphatic carbocycles. The second-order valence-electron chi connectivity index (χ2n) is 8.64. The van der Waals surface area contributed by atoms with Crippen molar-refractivity contribution in [1.29, 1.82) is 0 Å². The molecule has 0 bridgehead atoms. The number of sulfonamides is 1. The summed E-state index contributed by atoms with van der Waals surface area (Å²) in [6, 6.07) is 10.0. The van der Waals surface area contributed by atoms with Crippen LogP contribution >= 0.6 is 11.6 Å². The van der Waals surface area contributed by atoms with Gasteiger partial charge < -0.3 is 21.3 Å². The second kappa shape index (κ2) is 11.4. The van der Waals surface area contributed by atoms with Gasteiger partial charge in [0.05, 0.1) is 17.6 Å². The van der Waals surface area contributed by atoms with E-state index < -0.39 is 21.8 Å². The number of anilines is 2. The summed E-state index contributed by atoms with van der Waals surface area (Å²) in [4.78, 5) is 17.3. The Morgan fingerprint density at radius 3 is 2.37 bits per heavy atom. The molecule has 2 aromatic rings. The van der Waals surface area contributed by atoms with Gasteiger partial charge in [0.2, 0.25) is 10.0 Å². The number of nitrogens with one attached hydrogen (secondary N) is 1. The number of nitrogens with two attached hydrogens (primary N) is 1. The Kier molecular flexibility index (Phi) is 8.76. The number of carbonyl (C=O) groups is 1. The number of aliphatic hydroxyl groups excluding tert-OH is 2. The molecule has 190 valence electrons. The molecule has 9 nitrogen and oxygen atoms in total. The monoisotopic (exact) mass is 522 g/mol. The molecule has 11 heteroatoms. The van der Waals surface area contributed by atoms with Gasteiger partial charge in [-0.3, -0.25) is 9.10 Å². The third-order valence-electron chi connectivity index (χ3n) is 5.91. The lowest BCUT2D eigenvalue weighted by Crippen LogP contribution is -2.34. The number of nitrogen functional groups attached to an aromatic ring is 1. The lowest BCUT2D eigenvalue weighted by Gasteiger charge is -2.27. The zero-order valence-electron chi connectivity index (χ0n) is 19.7. The highest BCUT2D eigenvalue weighted by molar-refractivity contribution is 7.92. The number of aliphatic hydroxyl groups is 2. The Morgan fingerprint density at radius 1 is 1.23 bits per heavy atom. The number of hydrogen-bond acceptors (Lipinski definition) is 7. The molecular formula is C24H31ClN4O5S. The fourth-order valence-electron chi connectivity index (χ4n) is 3.77. The van der Waals surface area contributed by atoms with E-state index in [1.807, 2.05) is 0 Å². The summed E-state index contributed by atoms with van der Waals surface area (Å²) in [6.07, 6.45) is 3.15. The zero-order chi connectivity index (χ0) is 25.8. The number of rotatable bonds is 11. The Morgan fingerprint density at radius 2 is 1.86 bits per heavy atom. The third kappa shape index (κ3) is 6.72. The van der Waals surface area contributed by atoms with E-state index in [0.717, 1.165) is 24.7 Å². The number of nitrogens with zero attached hydrogens (tertiary/aromatic N) is 2. The number of aliphatic imine (C=N–C) groups is 1. The second-order valence-corrected chi connectivity index (χ2v) is 11.0. The predicted molar refractivity (Wildman–Crippen MR) is 139 cm³/mol. The van der Waals surface area contributed by atoms with Crippen molar-refractivity contribution < 1.29 is 23.4 Å². The van der Waals surface area contributed by atoms with Gasteiger partial charge in [0.1, 0.15) is 5.71 Å². The number of halogens is 1. The van der Waals surface area contributed by atoms with Gasteiger partial charge in [-0.1, -0.05) is 11.6 Å². The van der Waals surface area contributed by atoms with Gasteiger partial charge in [-0.2, -0.15) is 0 Å². The first-order valence-electron chi connectivity index (χ1n) is 11.3. The lowest BCUT2D eigenvalue weighted by molar-refractivity contribution is -0.114. The lowest BCUT2D eigenvalue weighted by atomic mass is 9.98. The first-order chi connectivity index (χ1) is 16.6. The van der Waals surface area contributed by atoms with E-state index in [2.05, 4.69) is 10.3 Å². The van der Waals surface area contributed by atoms with Crippen LogP contribution in [0.2, 0.25) is 5.02 Å². The third-order valence-corrected chi connectivity index (χ3v) is 7.34. The van der Waals surface area contributed by atoms with Crippen LogP contribution in [0.5, 0.6) is 0 Å². The summed E-state index contributed by atoms with van der Waals surface area (Å²) in [5.41, 5.74) is 8.82. The summed E-state index contributed by atoms with van der Waals surface area (Å²) in [6.45, 7) is -0.424. The maximum Gasteiger partial charge on any atom is 0.270 e. The highest BCUT2D eigenvalue weighted by atomic mass is 35.5. The molecule has 0 spiro atoms. The molecule has 0 radical (unpaired) electrons. The SMILES string of the molecule is CNC(=O)C(=Nc1ccc(Cl)cc1)c1cc(C2CC2)c(N(CCC(CO)CO)S(C)(=O)=O)cc1N. The van der Waals surface area contributed by atoms with Crippen LogP contribution in [0.4, 0.5) is 17.1 Å². The normalized spacial score (nSPS) is 14.3. The largest absolute Gasteiger partial charge is 0.398 e. The highest BCUT2D eigenvalue weighted by Gasteiger charge is 2.32. The van der Waals surface area contributed by atoms with Crippen LogP contribution in [0, 0.1) is 5.92 Å². The molecule has 1 fully saturated rings. The van der Waals surface area contributed by atoms with Gasteiger partial charge in [-0.25, -0.2) is 13.4 Å². The van der Waals surface area contributed by atoms with Crippen molar-refractivity contribution in [2.45, 2.75) is 25.2 Å². The first kappa shape index (κ1) is 26.9. The van der Waals surface area contributed by atoms with Crippen LogP contribution in [0.25, 0.3) is 0 Å². The number of hydrogen-bond donors (Lipinski definition) is 4. The van der Waals surface area contributed by atoms with Gasteiger partial charge in [0.25, 0.3) is 5.91 Å². The molecule has 0 atom stereocenters. The van der Waals surface area contributed by atoms with Gasteiger partial charge in [0.15, 0.2) is 0 Å². The van der Waals surface area contributed by atoms with Crippen molar-refractivity contribution in [2.75, 3.05) is 43.1 Å². The van der Waals surface area contributed by atoms with Crippen molar-refractivity contribution in [1.82, 2.24) is 5.32 Å². The van der Waals surface area contributed by atoms with Gasteiger partial charge in [-0.05, 0) is 67.1 Å². The fraction of sp³-hybridized carbons (Fsp3) is 0.417. The van der Waals surface area contributed by atoms with E-state index in [0.29, 0.717) is 22.0 Å². The molecule has 0 aliphatic heterocycles. The number of amides is 1. The van der Waals surface area contributed by atoms with Gasteiger partial charge in [0, 0.05) is 49.0 Å². The quantitative estimate of drug-likeness (QED) is 0.263. The summed E-state index contributed by atoms with van der Waals surface area (Å²) in [5.74, 6) is -0.747. The maximum absolute atomic E-state index is 12.8. The molecule has 1 saturated carbocycles. The number of benzene rings is 2. The summed E-state index contributed by atoms with van der Waals surface area (Å²) in [5, 5.41) is 22.0. The Hall–Kier alpha value is -2.66. The average molecular weight is 523 g/mol. The highest BCUT2D eigenvalue weighted by Crippen LogP contribution is 2.46. The summed E-state index contributed by atoms with van der Waals surface area (Å²) < 4.78 is 26.7. The van der Waals surface area contributed by atoms with Crippen LogP contribution in [-0.2, 0) is 14.8 Å². The van der Waals surface area contributed by atoms with E-state index in [9.17, 15) is 23.4 Å². The average Bonchev–Trinajstić information content (AvgIpc) is 3.66. The molecule has 1 aliphatic rings. The summed E-state index contributed by atoms with van der Waals surface area (Å²) in [7, 11) is -2.19. The minimum Gasteiger partial charge on any atom is -0.398 e. The van der Waals surface area contributed by atoms with Crippen molar-refractivity contribution in [3.8, 4) is 0 Å². The number of carbonyl (C=O) groups excluding carboxylic acids is 1. The topological polar surface area (TPSA) is 145 Å². The molecule has 0 unspecified atom stereocenters. The Labute approximate surface area is 210 Å². The minimum absolute atomic E-state index is 0.0737. The van der Waals surface area contributed by atoms with Gasteiger partial charge >= 0.3 is 0 Å². The van der Waals surface area contributed by atoms with E-state index in [1.54, 1.807) is 36.4 Å². The van der Waals surface area contributed by atoms with E-state index in [1.165, 1.54) is 11.4 Å². The molecule has 35 heavy (non-hydrogen) atoms. The van der Waals surface area contributed by atoms with Crippen LogP contribution in [0.15, 0.2) is 41.4 Å². The molecule has 0 heterocycles. The number of likely N-dealkylation sites (N-methyl/N-ethyl adjacent to an activating group) is 1. The molecule has 1 amide bonds. The predicted octanol–water partition coefficient (Wildman–Crippen LogP) is 2.42. The maximum atomic E-state index is 12.8. The Balaban J connectivity index is 2.12. The molecule has 2 aromatic carbocycles. The van der Waals surface area contributed by atoms with E-state index in [4.69, 9.17) is 17.3 Å². The smallest absolute Gasteiger partial charge is 0.270 e. The van der Waals surface area contributed by atoms with Crippen LogP contribution in [-0.4, -0.2) is 63.3 Å². The van der Waals surface area contributed by atoms with Crippen LogP contribution in [0.1, 0.15) is 36.3 Å². The van der Waals surface area contributed by atoms with Crippen molar-refractivity contribution in [3.63, 3.8) is 0 Å².